The summed E-state index contributed by atoms with van der Waals surface area (Å²) >= 11 is 1.54. The molecule has 1 saturated carbocycles. The van der Waals surface area contributed by atoms with Gasteiger partial charge in [-0.15, -0.1) is 11.8 Å². The zero-order valence-electron chi connectivity index (χ0n) is 22.3. The van der Waals surface area contributed by atoms with E-state index in [2.05, 4.69) is 38.2 Å². The summed E-state index contributed by atoms with van der Waals surface area (Å²) in [5, 5.41) is 2.90. The molecule has 0 radical (unpaired) electrons. The highest BCUT2D eigenvalue weighted by Crippen LogP contribution is 2.44. The standard InChI is InChI=1S/C29H33NO6S2/c1-17-15-29(3,4)30-24-12-11-21(23(27(17)24)16-35-28(31)26-13-6-18(2)37-26)22-10-7-19(14-25(22)34-5)36-38(32,33)20-8-9-20/h6-7,10-12,14-15,20,26,30H,8-9,13,16H2,1-5H3. The van der Waals surface area contributed by atoms with Crippen LogP contribution in [0, 0.1) is 0 Å². The van der Waals surface area contributed by atoms with Crippen molar-refractivity contribution in [2.45, 2.75) is 69.6 Å². The molecular formula is C29H33NO6S2. The zero-order valence-corrected chi connectivity index (χ0v) is 23.9. The average molecular weight is 556 g/mol. The molecule has 0 bridgehead atoms. The molecule has 38 heavy (non-hydrogen) atoms. The number of thioether (sulfide) groups is 1. The maximum atomic E-state index is 12.9. The van der Waals surface area contributed by atoms with Gasteiger partial charge in [-0.1, -0.05) is 18.2 Å². The van der Waals surface area contributed by atoms with Crippen LogP contribution in [0.4, 0.5) is 5.69 Å². The van der Waals surface area contributed by atoms with Crippen LogP contribution in [0.3, 0.4) is 0 Å². The Morgan fingerprint density at radius 3 is 2.53 bits per heavy atom. The molecule has 2 heterocycles. The highest BCUT2D eigenvalue weighted by molar-refractivity contribution is 8.04. The Morgan fingerprint density at radius 2 is 1.87 bits per heavy atom. The third kappa shape index (κ3) is 5.45. The number of ether oxygens (including phenoxy) is 2. The monoisotopic (exact) mass is 555 g/mol. The lowest BCUT2D eigenvalue weighted by molar-refractivity contribution is -0.144. The number of hydrogen-bond acceptors (Lipinski definition) is 8. The molecule has 1 fully saturated rings. The maximum absolute atomic E-state index is 12.9. The van der Waals surface area contributed by atoms with Crippen LogP contribution in [0.5, 0.6) is 11.5 Å². The van der Waals surface area contributed by atoms with Gasteiger partial charge in [-0.25, -0.2) is 0 Å². The Hall–Kier alpha value is -2.91. The third-order valence-corrected chi connectivity index (χ3v) is 9.84. The van der Waals surface area contributed by atoms with Crippen LogP contribution >= 0.6 is 11.8 Å². The maximum Gasteiger partial charge on any atom is 0.320 e. The molecule has 1 unspecified atom stereocenters. The molecule has 0 spiro atoms. The summed E-state index contributed by atoms with van der Waals surface area (Å²) in [5.41, 5.74) is 5.26. The second kappa shape index (κ2) is 10.0. The molecule has 2 aliphatic heterocycles. The Morgan fingerprint density at radius 1 is 1.13 bits per heavy atom. The fourth-order valence-corrected chi connectivity index (χ4v) is 7.30. The lowest BCUT2D eigenvalue weighted by Gasteiger charge is -2.33. The first kappa shape index (κ1) is 26.7. The van der Waals surface area contributed by atoms with Gasteiger partial charge in [0.25, 0.3) is 0 Å². The summed E-state index contributed by atoms with van der Waals surface area (Å²) < 4.78 is 41.7. The first-order valence-electron chi connectivity index (χ1n) is 12.7. The Labute approximate surface area is 228 Å². The number of hydrogen-bond donors (Lipinski definition) is 1. The smallest absolute Gasteiger partial charge is 0.320 e. The molecule has 2 aromatic carbocycles. The number of methoxy groups -OCH3 is 1. The second-order valence-electron chi connectivity index (χ2n) is 10.6. The topological polar surface area (TPSA) is 90.9 Å². The Kier molecular flexibility index (Phi) is 7.02. The van der Waals surface area contributed by atoms with Crippen molar-refractivity contribution < 1.29 is 26.9 Å². The van der Waals surface area contributed by atoms with Crippen LogP contribution in [0.1, 0.15) is 58.1 Å². The first-order valence-corrected chi connectivity index (χ1v) is 15.1. The predicted molar refractivity (Wildman–Crippen MR) is 152 cm³/mol. The molecule has 0 amide bonds. The summed E-state index contributed by atoms with van der Waals surface area (Å²) in [4.78, 5) is 14.1. The van der Waals surface area contributed by atoms with E-state index in [9.17, 15) is 13.2 Å². The minimum Gasteiger partial charge on any atom is -0.496 e. The van der Waals surface area contributed by atoms with Crippen molar-refractivity contribution in [2.24, 2.45) is 0 Å². The fraction of sp³-hybridized carbons (Fsp3) is 0.414. The number of nitrogens with one attached hydrogen (secondary N) is 1. The molecule has 7 nitrogen and oxygen atoms in total. The number of benzene rings is 2. The number of carbonyl (C=O) groups is 1. The highest BCUT2D eigenvalue weighted by Gasteiger charge is 2.38. The quantitative estimate of drug-likeness (QED) is 0.300. The molecular weight excluding hydrogens is 522 g/mol. The van der Waals surface area contributed by atoms with Gasteiger partial charge in [0.1, 0.15) is 23.4 Å². The van der Waals surface area contributed by atoms with Crippen LogP contribution in [0.2, 0.25) is 0 Å². The van der Waals surface area contributed by atoms with E-state index >= 15 is 0 Å². The minimum atomic E-state index is -3.65. The molecule has 9 heteroatoms. The van der Waals surface area contributed by atoms with Gasteiger partial charge in [0.05, 0.1) is 17.9 Å². The number of esters is 1. The summed E-state index contributed by atoms with van der Waals surface area (Å²) in [7, 11) is -2.11. The lowest BCUT2D eigenvalue weighted by atomic mass is 9.85. The Bertz CT molecular complexity index is 1450. The molecule has 1 atom stereocenters. The van der Waals surface area contributed by atoms with E-state index in [-0.39, 0.29) is 29.1 Å². The minimum absolute atomic E-state index is 0.0954. The van der Waals surface area contributed by atoms with E-state index in [4.69, 9.17) is 13.7 Å². The SMILES string of the molecule is COc1cc(OS(=O)(=O)C2CC2)ccc1-c1ccc2c(c1COC(=O)C1CC=C(C)S1)C(C)=CC(C)(C)N2. The summed E-state index contributed by atoms with van der Waals surface area (Å²) in [6, 6.07) is 9.04. The second-order valence-corrected chi connectivity index (χ2v) is 13.9. The molecule has 0 saturated heterocycles. The normalized spacial score (nSPS) is 20.1. The van der Waals surface area contributed by atoms with Crippen molar-refractivity contribution in [3.63, 3.8) is 0 Å². The van der Waals surface area contributed by atoms with Crippen molar-refractivity contribution in [2.75, 3.05) is 12.4 Å². The number of allylic oxidation sites excluding steroid dienone is 3. The largest absolute Gasteiger partial charge is 0.496 e. The number of rotatable bonds is 8. The van der Waals surface area contributed by atoms with Gasteiger partial charge in [-0.2, -0.15) is 8.42 Å². The van der Waals surface area contributed by atoms with Crippen molar-refractivity contribution in [1.82, 2.24) is 0 Å². The summed E-state index contributed by atoms with van der Waals surface area (Å²) in [6.45, 7) is 8.38. The number of anilines is 1. The predicted octanol–water partition coefficient (Wildman–Crippen LogP) is 6.29. The van der Waals surface area contributed by atoms with Crippen molar-refractivity contribution in [3.8, 4) is 22.6 Å². The van der Waals surface area contributed by atoms with Crippen molar-refractivity contribution in [3.05, 3.63) is 58.5 Å². The lowest BCUT2D eigenvalue weighted by Crippen LogP contribution is -2.32. The van der Waals surface area contributed by atoms with Gasteiger partial charge in [0, 0.05) is 28.4 Å². The van der Waals surface area contributed by atoms with E-state index < -0.39 is 15.4 Å². The van der Waals surface area contributed by atoms with Crippen LogP contribution < -0.4 is 14.2 Å². The van der Waals surface area contributed by atoms with Crippen LogP contribution in [-0.4, -0.2) is 37.5 Å². The van der Waals surface area contributed by atoms with Gasteiger partial charge in [0.15, 0.2) is 0 Å². The molecule has 0 aromatic heterocycles. The van der Waals surface area contributed by atoms with E-state index in [1.165, 1.54) is 18.9 Å². The Balaban J connectivity index is 1.53. The van der Waals surface area contributed by atoms with Crippen LogP contribution in [-0.2, 0) is 26.3 Å². The van der Waals surface area contributed by atoms with Crippen molar-refractivity contribution >= 4 is 39.1 Å². The number of fused-ring (bicyclic) bond motifs is 1. The average Bonchev–Trinajstić information content (AvgIpc) is 3.63. The first-order chi connectivity index (χ1) is 18.0. The van der Waals surface area contributed by atoms with Crippen molar-refractivity contribution in [1.29, 1.82) is 0 Å². The van der Waals surface area contributed by atoms with Gasteiger partial charge in [-0.05, 0) is 81.2 Å². The molecule has 202 valence electrons. The third-order valence-electron chi connectivity index (χ3n) is 6.92. The van der Waals surface area contributed by atoms with Gasteiger partial charge in [-0.3, -0.25) is 4.79 Å². The molecule has 1 aliphatic carbocycles. The summed E-state index contributed by atoms with van der Waals surface area (Å²) in [6.07, 6.45) is 6.15. The van der Waals surface area contributed by atoms with E-state index in [1.54, 1.807) is 18.2 Å². The van der Waals surface area contributed by atoms with Gasteiger partial charge in [0.2, 0.25) is 0 Å². The fourth-order valence-electron chi connectivity index (χ4n) is 5.08. The zero-order chi connectivity index (χ0) is 27.2. The molecule has 3 aliphatic rings. The molecule has 5 rings (SSSR count). The van der Waals surface area contributed by atoms with Gasteiger partial charge >= 0.3 is 16.1 Å². The van der Waals surface area contributed by atoms with Crippen LogP contribution in [0.25, 0.3) is 16.7 Å². The summed E-state index contributed by atoms with van der Waals surface area (Å²) in [5.74, 6) is 0.445. The van der Waals surface area contributed by atoms with Gasteiger partial charge < -0.3 is 19.0 Å². The van der Waals surface area contributed by atoms with E-state index in [0.29, 0.717) is 25.0 Å². The number of carbonyl (C=O) groups excluding carboxylic acids is 1. The van der Waals surface area contributed by atoms with E-state index in [0.717, 1.165) is 38.4 Å². The van der Waals surface area contributed by atoms with E-state index in [1.807, 2.05) is 19.1 Å². The highest BCUT2D eigenvalue weighted by atomic mass is 32.2. The molecule has 1 N–H and O–H groups in total. The molecule has 2 aromatic rings. The van der Waals surface area contributed by atoms with Crippen LogP contribution in [0.15, 0.2) is 47.4 Å².